The third-order valence-electron chi connectivity index (χ3n) is 16.0. The van der Waals surface area contributed by atoms with Gasteiger partial charge in [0.1, 0.15) is 24.4 Å². The summed E-state index contributed by atoms with van der Waals surface area (Å²) >= 11 is 0. The van der Waals surface area contributed by atoms with E-state index in [0.29, 0.717) is 6.42 Å². The molecule has 0 aromatic carbocycles. The lowest BCUT2D eigenvalue weighted by Crippen LogP contribution is -2.60. The van der Waals surface area contributed by atoms with E-state index in [1.54, 1.807) is 6.08 Å². The van der Waals surface area contributed by atoms with Crippen molar-refractivity contribution in [1.29, 1.82) is 0 Å². The van der Waals surface area contributed by atoms with Gasteiger partial charge in [0.2, 0.25) is 5.91 Å². The van der Waals surface area contributed by atoms with Gasteiger partial charge in [0, 0.05) is 6.42 Å². The molecule has 1 aliphatic heterocycles. The number of nitrogens with one attached hydrogen (secondary N) is 1. The summed E-state index contributed by atoms with van der Waals surface area (Å²) in [4.78, 5) is 13.1. The van der Waals surface area contributed by atoms with Gasteiger partial charge in [-0.1, -0.05) is 321 Å². The summed E-state index contributed by atoms with van der Waals surface area (Å²) < 4.78 is 11.3. The smallest absolute Gasteiger partial charge is 0.220 e. The normalized spacial score (nSPS) is 18.9. The van der Waals surface area contributed by atoms with Crippen LogP contribution in [0.2, 0.25) is 0 Å². The number of allylic oxidation sites excluding steroid dienone is 3. The van der Waals surface area contributed by atoms with Gasteiger partial charge in [-0.2, -0.15) is 0 Å². The average Bonchev–Trinajstić information content (AvgIpc) is 3.41. The van der Waals surface area contributed by atoms with Crippen LogP contribution in [0.15, 0.2) is 24.3 Å². The Balaban J connectivity index is 2.17. The Kier molecular flexibility index (Phi) is 53.5. The third-order valence-corrected chi connectivity index (χ3v) is 16.0. The van der Waals surface area contributed by atoms with E-state index in [2.05, 4.69) is 31.3 Å². The van der Waals surface area contributed by atoms with Crippen molar-refractivity contribution in [2.45, 2.75) is 378 Å². The van der Waals surface area contributed by atoms with E-state index >= 15 is 0 Å². The predicted octanol–water partition coefficient (Wildman–Crippen LogP) is 17.3. The standard InChI is InChI=1S/C66H127NO8/c1-3-5-7-9-11-13-15-17-19-21-23-25-27-29-30-32-33-35-37-39-41-43-45-47-49-51-53-55-60(69)59(58-74-66-65(73)64(72)63(71)61(57-68)75-66)67-62(70)56-54-52-50-48-46-44-42-40-38-36-34-31-28-26-24-22-20-18-16-14-12-10-8-6-4-2/h45,47,53,55,59-61,63-66,68-69,71-73H,3-44,46,48-52,54,56-58H2,1-2H3,(H,67,70)/b47-45+,55-53+. The predicted molar refractivity (Wildman–Crippen MR) is 318 cm³/mol. The molecule has 1 aliphatic rings. The number of ether oxygens (including phenoxy) is 2. The Morgan fingerprint density at radius 3 is 1.12 bits per heavy atom. The first-order valence-electron chi connectivity index (χ1n) is 33.1. The van der Waals surface area contributed by atoms with Gasteiger partial charge in [-0.15, -0.1) is 0 Å². The van der Waals surface area contributed by atoms with Crippen LogP contribution in [0.25, 0.3) is 0 Å². The van der Waals surface area contributed by atoms with Crippen LogP contribution >= 0.6 is 0 Å². The molecule has 1 rings (SSSR count). The number of unbranched alkanes of at least 4 members (excludes halogenated alkanes) is 46. The lowest BCUT2D eigenvalue weighted by atomic mass is 9.99. The first-order valence-corrected chi connectivity index (χ1v) is 33.1. The molecule has 0 radical (unpaired) electrons. The zero-order valence-corrected chi connectivity index (χ0v) is 49.6. The minimum Gasteiger partial charge on any atom is -0.394 e. The average molecular weight is 1060 g/mol. The monoisotopic (exact) mass is 1060 g/mol. The zero-order chi connectivity index (χ0) is 54.3. The highest BCUT2D eigenvalue weighted by atomic mass is 16.7. The van der Waals surface area contributed by atoms with Crippen LogP contribution < -0.4 is 5.32 Å². The maximum absolute atomic E-state index is 13.1. The summed E-state index contributed by atoms with van der Waals surface area (Å²) in [5.74, 6) is -0.179. The molecule has 0 saturated carbocycles. The molecule has 1 saturated heterocycles. The summed E-state index contributed by atoms with van der Waals surface area (Å²) in [6, 6.07) is -0.820. The fraction of sp³-hybridized carbons (Fsp3) is 0.924. The van der Waals surface area contributed by atoms with Gasteiger partial charge in [0.25, 0.3) is 0 Å². The number of aliphatic hydroxyl groups excluding tert-OH is 5. The molecule has 1 fully saturated rings. The molecule has 0 spiro atoms. The highest BCUT2D eigenvalue weighted by Gasteiger charge is 2.44. The zero-order valence-electron chi connectivity index (χ0n) is 49.6. The maximum Gasteiger partial charge on any atom is 0.220 e. The van der Waals surface area contributed by atoms with E-state index in [1.807, 2.05) is 6.08 Å². The molecule has 7 unspecified atom stereocenters. The van der Waals surface area contributed by atoms with Crippen molar-refractivity contribution in [2.75, 3.05) is 13.2 Å². The van der Waals surface area contributed by atoms with Gasteiger partial charge in [-0.25, -0.2) is 0 Å². The minimum absolute atomic E-state index is 0.179. The number of rotatable bonds is 58. The second-order valence-electron chi connectivity index (χ2n) is 23.3. The molecule has 444 valence electrons. The quantitative estimate of drug-likeness (QED) is 0.0261. The van der Waals surface area contributed by atoms with Gasteiger partial charge >= 0.3 is 0 Å². The molecular weight excluding hydrogens is 935 g/mol. The summed E-state index contributed by atoms with van der Waals surface area (Å²) in [6.07, 6.45) is 65.6. The van der Waals surface area contributed by atoms with Crippen molar-refractivity contribution in [3.63, 3.8) is 0 Å². The number of aliphatic hydroxyl groups is 5. The second kappa shape index (κ2) is 56.0. The summed E-state index contributed by atoms with van der Waals surface area (Å²) in [5, 5.41) is 54.7. The van der Waals surface area contributed by atoms with Crippen molar-refractivity contribution in [3.8, 4) is 0 Å². The van der Waals surface area contributed by atoms with Gasteiger partial charge < -0.3 is 40.3 Å². The van der Waals surface area contributed by atoms with E-state index in [0.717, 1.165) is 38.5 Å². The number of carbonyl (C=O) groups excluding carboxylic acids is 1. The molecule has 0 bridgehead atoms. The van der Waals surface area contributed by atoms with E-state index in [1.165, 1.54) is 276 Å². The van der Waals surface area contributed by atoms with Gasteiger partial charge in [-0.3, -0.25) is 4.79 Å². The molecule has 9 nitrogen and oxygen atoms in total. The Labute approximate surface area is 464 Å². The summed E-state index contributed by atoms with van der Waals surface area (Å²) in [7, 11) is 0. The van der Waals surface area contributed by atoms with Crippen LogP contribution in [-0.4, -0.2) is 87.5 Å². The largest absolute Gasteiger partial charge is 0.394 e. The van der Waals surface area contributed by atoms with Gasteiger partial charge in [0.05, 0.1) is 25.4 Å². The molecule has 0 aliphatic carbocycles. The van der Waals surface area contributed by atoms with E-state index < -0.39 is 49.5 Å². The summed E-state index contributed by atoms with van der Waals surface area (Å²) in [6.45, 7) is 3.82. The number of hydrogen-bond donors (Lipinski definition) is 6. The number of amides is 1. The van der Waals surface area contributed by atoms with E-state index in [9.17, 15) is 30.3 Å². The second-order valence-corrected chi connectivity index (χ2v) is 23.3. The van der Waals surface area contributed by atoms with Gasteiger partial charge in [-0.05, 0) is 32.1 Å². The van der Waals surface area contributed by atoms with E-state index in [-0.39, 0.29) is 12.5 Å². The molecule has 75 heavy (non-hydrogen) atoms. The first kappa shape index (κ1) is 71.7. The minimum atomic E-state index is -1.57. The first-order chi connectivity index (χ1) is 36.8. The molecule has 0 aromatic rings. The lowest BCUT2D eigenvalue weighted by Gasteiger charge is -2.40. The Hall–Kier alpha value is -1.33. The fourth-order valence-corrected chi connectivity index (χ4v) is 10.8. The van der Waals surface area contributed by atoms with Crippen LogP contribution in [0.1, 0.15) is 335 Å². The van der Waals surface area contributed by atoms with Crippen LogP contribution in [0.5, 0.6) is 0 Å². The Morgan fingerprint density at radius 2 is 0.760 bits per heavy atom. The fourth-order valence-electron chi connectivity index (χ4n) is 10.8. The molecule has 1 heterocycles. The van der Waals surface area contributed by atoms with Crippen molar-refractivity contribution < 1.29 is 39.8 Å². The molecule has 0 aromatic heterocycles. The van der Waals surface area contributed by atoms with Crippen LogP contribution in [0.4, 0.5) is 0 Å². The maximum atomic E-state index is 13.1. The van der Waals surface area contributed by atoms with Gasteiger partial charge in [0.15, 0.2) is 6.29 Å². The third kappa shape index (κ3) is 45.1. The Morgan fingerprint density at radius 1 is 0.440 bits per heavy atom. The van der Waals surface area contributed by atoms with Crippen molar-refractivity contribution in [2.24, 2.45) is 0 Å². The molecule has 7 atom stereocenters. The molecule has 6 N–H and O–H groups in total. The topological polar surface area (TPSA) is 149 Å². The van der Waals surface area contributed by atoms with Crippen molar-refractivity contribution >= 4 is 5.91 Å². The SMILES string of the molecule is CCCCCCCCCCCCCCCCCCCCCCC/C=C/CC/C=C/C(O)C(COC1OC(CO)C(O)C(O)C1O)NC(=O)CCCCCCCCCCCCCCCCCCCCCCCCCCC. The van der Waals surface area contributed by atoms with Crippen LogP contribution in [-0.2, 0) is 14.3 Å². The molecule has 9 heteroatoms. The molecular formula is C66H127NO8. The molecule has 1 amide bonds. The number of hydrogen-bond acceptors (Lipinski definition) is 8. The van der Waals surface area contributed by atoms with Crippen molar-refractivity contribution in [1.82, 2.24) is 5.32 Å². The van der Waals surface area contributed by atoms with Crippen LogP contribution in [0, 0.1) is 0 Å². The Bertz CT molecular complexity index is 1230. The summed E-state index contributed by atoms with van der Waals surface area (Å²) in [5.41, 5.74) is 0. The highest BCUT2D eigenvalue weighted by molar-refractivity contribution is 5.76. The van der Waals surface area contributed by atoms with E-state index in [4.69, 9.17) is 9.47 Å². The van der Waals surface area contributed by atoms with Crippen molar-refractivity contribution in [3.05, 3.63) is 24.3 Å². The number of carbonyl (C=O) groups is 1. The highest BCUT2D eigenvalue weighted by Crippen LogP contribution is 2.23. The lowest BCUT2D eigenvalue weighted by molar-refractivity contribution is -0.302. The van der Waals surface area contributed by atoms with Crippen LogP contribution in [0.3, 0.4) is 0 Å².